The average molecular weight is 532 g/mol. The van der Waals surface area contributed by atoms with Gasteiger partial charge in [-0.1, -0.05) is 29.8 Å². The van der Waals surface area contributed by atoms with Crippen molar-refractivity contribution in [3.05, 3.63) is 65.7 Å². The van der Waals surface area contributed by atoms with Crippen LogP contribution in [0.5, 0.6) is 0 Å². The molecule has 0 N–H and O–H groups in total. The van der Waals surface area contributed by atoms with Gasteiger partial charge in [-0.15, -0.1) is 10.2 Å². The highest BCUT2D eigenvalue weighted by molar-refractivity contribution is 7.89. The lowest BCUT2D eigenvalue weighted by Crippen LogP contribution is -2.49. The number of aryl methyl sites for hydroxylation is 1. The first-order chi connectivity index (χ1) is 17.5. The van der Waals surface area contributed by atoms with Crippen molar-refractivity contribution in [3.63, 3.8) is 0 Å². The van der Waals surface area contributed by atoms with E-state index in [1.54, 1.807) is 0 Å². The number of halogens is 3. The number of alkyl halides is 3. The first kappa shape index (κ1) is 25.2. The highest BCUT2D eigenvalue weighted by Crippen LogP contribution is 2.34. The molecule has 12 heteroatoms. The number of hydrogen-bond acceptors (Lipinski definition) is 6. The van der Waals surface area contributed by atoms with Crippen LogP contribution in [0.15, 0.2) is 59.5 Å². The summed E-state index contributed by atoms with van der Waals surface area (Å²) in [7, 11) is -3.86. The van der Waals surface area contributed by atoms with Crippen molar-refractivity contribution in [2.45, 2.75) is 24.4 Å². The highest BCUT2D eigenvalue weighted by Gasteiger charge is 2.45. The molecule has 5 rings (SSSR count). The van der Waals surface area contributed by atoms with E-state index < -0.39 is 22.1 Å². The van der Waals surface area contributed by atoms with Crippen molar-refractivity contribution in [2.75, 3.05) is 42.5 Å². The van der Waals surface area contributed by atoms with Gasteiger partial charge in [0.1, 0.15) is 0 Å². The highest BCUT2D eigenvalue weighted by atomic mass is 32.2. The number of carbonyl (C=O) groups excluding carboxylic acids is 1. The molecule has 3 aromatic rings. The normalized spacial score (nSPS) is 16.6. The molecule has 1 amide bonds. The number of fused-ring (bicyclic) bond motifs is 1. The van der Waals surface area contributed by atoms with Gasteiger partial charge in [0, 0.05) is 44.0 Å². The van der Waals surface area contributed by atoms with Crippen LogP contribution in [0, 0.1) is 6.92 Å². The number of amides is 1. The number of hydrogen-bond donors (Lipinski definition) is 0. The van der Waals surface area contributed by atoms with Gasteiger partial charge in [0.25, 0.3) is 0 Å². The van der Waals surface area contributed by atoms with Gasteiger partial charge in [-0.05, 0) is 49.2 Å². The maximum Gasteiger partial charge on any atom is 0.471 e. The van der Waals surface area contributed by atoms with Crippen LogP contribution in [-0.2, 0) is 21.2 Å². The van der Waals surface area contributed by atoms with E-state index in [-0.39, 0.29) is 36.6 Å². The minimum absolute atomic E-state index is 0.00301. The first-order valence-electron chi connectivity index (χ1n) is 11.7. The number of benzene rings is 2. The molecule has 0 spiro atoms. The monoisotopic (exact) mass is 531 g/mol. The van der Waals surface area contributed by atoms with Crippen molar-refractivity contribution in [3.8, 4) is 11.3 Å². The van der Waals surface area contributed by atoms with Gasteiger partial charge in [0.05, 0.1) is 10.6 Å². The zero-order chi connectivity index (χ0) is 26.4. The SMILES string of the molecule is Cc1ccc(-c2ccc(N3CCN(S(=O)(=O)c4ccc5c(c4)CCN5C(=O)C(F)(F)F)CC3)nn2)cc1. The average Bonchev–Trinajstić information content (AvgIpc) is 3.31. The topological polar surface area (TPSA) is 86.7 Å². The number of carbonyl (C=O) groups is 1. The molecule has 0 bridgehead atoms. The maximum atomic E-state index is 13.2. The van der Waals surface area contributed by atoms with Gasteiger partial charge < -0.3 is 9.80 Å². The zero-order valence-corrected chi connectivity index (χ0v) is 20.8. The van der Waals surface area contributed by atoms with Gasteiger partial charge in [-0.25, -0.2) is 8.42 Å². The van der Waals surface area contributed by atoms with E-state index >= 15 is 0 Å². The molecule has 2 aromatic carbocycles. The molecular weight excluding hydrogens is 507 g/mol. The molecule has 2 aliphatic rings. The molecule has 1 saturated heterocycles. The Kier molecular flexibility index (Phi) is 6.40. The molecule has 37 heavy (non-hydrogen) atoms. The zero-order valence-electron chi connectivity index (χ0n) is 19.9. The fourth-order valence-corrected chi connectivity index (χ4v) is 6.05. The van der Waals surface area contributed by atoms with Crippen LogP contribution in [0.3, 0.4) is 0 Å². The predicted molar refractivity (Wildman–Crippen MR) is 132 cm³/mol. The Balaban J connectivity index is 1.25. The molecule has 2 aliphatic heterocycles. The van der Waals surface area contributed by atoms with E-state index in [9.17, 15) is 26.4 Å². The molecule has 0 atom stereocenters. The third-order valence-electron chi connectivity index (χ3n) is 6.63. The number of rotatable bonds is 4. The van der Waals surface area contributed by atoms with E-state index in [0.717, 1.165) is 16.8 Å². The van der Waals surface area contributed by atoms with Crippen LogP contribution >= 0.6 is 0 Å². The Bertz CT molecular complexity index is 1420. The van der Waals surface area contributed by atoms with Crippen molar-refractivity contribution in [2.24, 2.45) is 0 Å². The fourth-order valence-electron chi connectivity index (χ4n) is 4.58. The smallest absolute Gasteiger partial charge is 0.352 e. The third-order valence-corrected chi connectivity index (χ3v) is 8.53. The molecule has 0 radical (unpaired) electrons. The molecule has 194 valence electrons. The Hall–Kier alpha value is -3.51. The second kappa shape index (κ2) is 9.42. The van der Waals surface area contributed by atoms with Gasteiger partial charge in [0.15, 0.2) is 5.82 Å². The number of piperazine rings is 1. The third kappa shape index (κ3) is 4.90. The summed E-state index contributed by atoms with van der Waals surface area (Å²) >= 11 is 0. The quantitative estimate of drug-likeness (QED) is 0.513. The standard InChI is InChI=1S/C25H24F3N5O3S/c1-17-2-4-18(5-3-17)21-7-9-23(30-29-21)31-12-14-32(15-13-31)37(35,36)20-6-8-22-19(16-20)10-11-33(22)24(34)25(26,27)28/h2-9,16H,10-15H2,1H3. The Morgan fingerprint density at radius 2 is 1.59 bits per heavy atom. The van der Waals surface area contributed by atoms with Crippen LogP contribution < -0.4 is 9.80 Å². The summed E-state index contributed by atoms with van der Waals surface area (Å²) in [4.78, 5) is 14.3. The van der Waals surface area contributed by atoms with Crippen LogP contribution in [-0.4, -0.2) is 67.7 Å². The van der Waals surface area contributed by atoms with Crippen LogP contribution in [0.4, 0.5) is 24.7 Å². The predicted octanol–water partition coefficient (Wildman–Crippen LogP) is 3.41. The molecule has 3 heterocycles. The summed E-state index contributed by atoms with van der Waals surface area (Å²) in [6, 6.07) is 15.6. The molecule has 0 unspecified atom stereocenters. The maximum absolute atomic E-state index is 13.2. The van der Waals surface area contributed by atoms with Gasteiger partial charge >= 0.3 is 12.1 Å². The van der Waals surface area contributed by atoms with Crippen LogP contribution in [0.25, 0.3) is 11.3 Å². The Morgan fingerprint density at radius 1 is 0.892 bits per heavy atom. The summed E-state index contributed by atoms with van der Waals surface area (Å²) in [5.74, 6) is -1.30. The van der Waals surface area contributed by atoms with Crippen LogP contribution in [0.1, 0.15) is 11.1 Å². The van der Waals surface area contributed by atoms with Crippen LogP contribution in [0.2, 0.25) is 0 Å². The van der Waals surface area contributed by atoms with Crippen molar-refractivity contribution in [1.29, 1.82) is 0 Å². The molecule has 1 aromatic heterocycles. The first-order valence-corrected chi connectivity index (χ1v) is 13.2. The second-order valence-corrected chi connectivity index (χ2v) is 11.0. The molecule has 0 saturated carbocycles. The minimum atomic E-state index is -4.99. The molecule has 0 aliphatic carbocycles. The van der Waals surface area contributed by atoms with Crippen molar-refractivity contribution in [1.82, 2.24) is 14.5 Å². The number of nitrogens with zero attached hydrogens (tertiary/aromatic N) is 5. The fraction of sp³-hybridized carbons (Fsp3) is 0.320. The lowest BCUT2D eigenvalue weighted by atomic mass is 10.1. The number of sulfonamides is 1. The summed E-state index contributed by atoms with van der Waals surface area (Å²) in [5.41, 5.74) is 3.36. The number of anilines is 2. The van der Waals surface area contributed by atoms with Gasteiger partial charge in [-0.3, -0.25) is 4.79 Å². The molecular formula is C25H24F3N5O3S. The lowest BCUT2D eigenvalue weighted by molar-refractivity contribution is -0.170. The number of aromatic nitrogens is 2. The van der Waals surface area contributed by atoms with Gasteiger partial charge in [-0.2, -0.15) is 17.5 Å². The van der Waals surface area contributed by atoms with Crippen molar-refractivity contribution < 1.29 is 26.4 Å². The Labute approximate surface area is 212 Å². The summed E-state index contributed by atoms with van der Waals surface area (Å²) in [6.45, 7) is 3.14. The summed E-state index contributed by atoms with van der Waals surface area (Å²) in [6.07, 6.45) is -4.83. The Morgan fingerprint density at radius 3 is 2.22 bits per heavy atom. The lowest BCUT2D eigenvalue weighted by Gasteiger charge is -2.34. The molecule has 8 nitrogen and oxygen atoms in total. The minimum Gasteiger partial charge on any atom is -0.352 e. The van der Waals surface area contributed by atoms with Crippen molar-refractivity contribution >= 4 is 27.4 Å². The largest absolute Gasteiger partial charge is 0.471 e. The van der Waals surface area contributed by atoms with E-state index in [4.69, 9.17) is 0 Å². The summed E-state index contributed by atoms with van der Waals surface area (Å²) in [5, 5.41) is 8.63. The van der Waals surface area contributed by atoms with E-state index in [1.165, 1.54) is 22.5 Å². The van der Waals surface area contributed by atoms with E-state index in [0.29, 0.717) is 29.4 Å². The summed E-state index contributed by atoms with van der Waals surface area (Å²) < 4.78 is 66.4. The van der Waals surface area contributed by atoms with E-state index in [1.807, 2.05) is 48.2 Å². The van der Waals surface area contributed by atoms with Gasteiger partial charge in [0.2, 0.25) is 10.0 Å². The van der Waals surface area contributed by atoms with E-state index in [2.05, 4.69) is 10.2 Å². The second-order valence-electron chi connectivity index (χ2n) is 9.03. The molecule has 1 fully saturated rings.